The summed E-state index contributed by atoms with van der Waals surface area (Å²) in [5.74, 6) is -0.879. The molecule has 2 rings (SSSR count). The highest BCUT2D eigenvalue weighted by atomic mass is 16.5. The van der Waals surface area contributed by atoms with E-state index in [4.69, 9.17) is 0 Å². The fourth-order valence-corrected chi connectivity index (χ4v) is 2.74. The lowest BCUT2D eigenvalue weighted by Gasteiger charge is -2.17. The van der Waals surface area contributed by atoms with Crippen molar-refractivity contribution in [2.75, 3.05) is 37.9 Å². The van der Waals surface area contributed by atoms with Gasteiger partial charge in [-0.05, 0) is 56.3 Å². The summed E-state index contributed by atoms with van der Waals surface area (Å²) < 4.78 is 4.63. The molecule has 0 unspecified atom stereocenters. The number of rotatable bonds is 7. The lowest BCUT2D eigenvalue weighted by atomic mass is 10.1. The van der Waals surface area contributed by atoms with Gasteiger partial charge in [0.05, 0.1) is 25.8 Å². The van der Waals surface area contributed by atoms with Crippen LogP contribution in [0.2, 0.25) is 0 Å². The Balaban J connectivity index is 1.85. The second-order valence-electron chi connectivity index (χ2n) is 6.60. The summed E-state index contributed by atoms with van der Waals surface area (Å²) in [5, 5.41) is 5.63. The second kappa shape index (κ2) is 9.66. The molecule has 2 N–H and O–H groups in total. The first kappa shape index (κ1) is 21.1. The highest BCUT2D eigenvalue weighted by Gasteiger charge is 2.13. The summed E-state index contributed by atoms with van der Waals surface area (Å²) in [6.07, 6.45) is 0. The minimum absolute atomic E-state index is 0.0545. The Morgan fingerprint density at radius 1 is 0.893 bits per heavy atom. The van der Waals surface area contributed by atoms with Crippen molar-refractivity contribution >= 4 is 29.2 Å². The molecular formula is C21H25N3O4. The third-order valence-corrected chi connectivity index (χ3v) is 4.16. The van der Waals surface area contributed by atoms with Crippen LogP contribution in [-0.4, -0.2) is 49.9 Å². The summed E-state index contributed by atoms with van der Waals surface area (Å²) >= 11 is 0. The molecule has 0 aliphatic rings. The molecule has 0 bridgehead atoms. The van der Waals surface area contributed by atoms with Crippen molar-refractivity contribution in [1.29, 1.82) is 0 Å². The van der Waals surface area contributed by atoms with Gasteiger partial charge in [0.2, 0.25) is 11.8 Å². The van der Waals surface area contributed by atoms with Crippen LogP contribution in [0.15, 0.2) is 42.5 Å². The number of benzene rings is 2. The van der Waals surface area contributed by atoms with Gasteiger partial charge in [-0.2, -0.15) is 0 Å². The second-order valence-corrected chi connectivity index (χ2v) is 6.60. The van der Waals surface area contributed by atoms with Gasteiger partial charge in [0.1, 0.15) is 0 Å². The van der Waals surface area contributed by atoms with Crippen molar-refractivity contribution in [3.63, 3.8) is 0 Å². The third-order valence-electron chi connectivity index (χ3n) is 4.16. The average Bonchev–Trinajstić information content (AvgIpc) is 2.64. The predicted molar refractivity (Wildman–Crippen MR) is 108 cm³/mol. The van der Waals surface area contributed by atoms with Crippen molar-refractivity contribution in [2.45, 2.75) is 13.8 Å². The number of nitrogens with one attached hydrogen (secondary N) is 2. The first-order chi connectivity index (χ1) is 13.3. The number of anilines is 2. The van der Waals surface area contributed by atoms with Crippen LogP contribution in [0.4, 0.5) is 11.4 Å². The lowest BCUT2D eigenvalue weighted by molar-refractivity contribution is -0.119. The van der Waals surface area contributed by atoms with Crippen molar-refractivity contribution < 1.29 is 19.1 Å². The average molecular weight is 383 g/mol. The number of carbonyl (C=O) groups excluding carboxylic acids is 3. The van der Waals surface area contributed by atoms with Crippen LogP contribution in [0.5, 0.6) is 0 Å². The van der Waals surface area contributed by atoms with Crippen molar-refractivity contribution in [1.82, 2.24) is 4.90 Å². The highest BCUT2D eigenvalue weighted by molar-refractivity contribution is 5.96. The number of hydrogen-bond acceptors (Lipinski definition) is 5. The third kappa shape index (κ3) is 5.92. The standard InChI is InChI=1S/C21H25N3O4/c1-14-6-5-7-15(2)20(14)23-19(26)13-24(3)12-18(25)22-17-10-8-16(9-11-17)21(27)28-4/h5-11H,12-13H2,1-4H3,(H,22,25)(H,23,26). The molecule has 0 aromatic heterocycles. The zero-order valence-electron chi connectivity index (χ0n) is 16.5. The van der Waals surface area contributed by atoms with Gasteiger partial charge in [0.15, 0.2) is 0 Å². The molecule has 7 nitrogen and oxygen atoms in total. The Morgan fingerprint density at radius 2 is 1.43 bits per heavy atom. The number of methoxy groups -OCH3 is 1. The van der Waals surface area contributed by atoms with Crippen molar-refractivity contribution in [2.24, 2.45) is 0 Å². The number of amides is 2. The number of ether oxygens (including phenoxy) is 1. The van der Waals surface area contributed by atoms with Gasteiger partial charge < -0.3 is 15.4 Å². The fraction of sp³-hybridized carbons (Fsp3) is 0.286. The van der Waals surface area contributed by atoms with Crippen LogP contribution >= 0.6 is 0 Å². The maximum Gasteiger partial charge on any atom is 0.337 e. The van der Waals surface area contributed by atoms with Gasteiger partial charge in [0, 0.05) is 11.4 Å². The maximum absolute atomic E-state index is 12.3. The summed E-state index contributed by atoms with van der Waals surface area (Å²) in [4.78, 5) is 37.5. The molecule has 0 saturated heterocycles. The number of carbonyl (C=O) groups is 3. The number of para-hydroxylation sites is 1. The quantitative estimate of drug-likeness (QED) is 0.718. The van der Waals surface area contributed by atoms with E-state index in [0.717, 1.165) is 16.8 Å². The van der Waals surface area contributed by atoms with E-state index >= 15 is 0 Å². The molecule has 7 heteroatoms. The topological polar surface area (TPSA) is 87.7 Å². The fourth-order valence-electron chi connectivity index (χ4n) is 2.74. The zero-order valence-corrected chi connectivity index (χ0v) is 16.5. The van der Waals surface area contributed by atoms with Crippen LogP contribution in [0, 0.1) is 13.8 Å². The maximum atomic E-state index is 12.3. The zero-order chi connectivity index (χ0) is 20.7. The SMILES string of the molecule is COC(=O)c1ccc(NC(=O)CN(C)CC(=O)Nc2c(C)cccc2C)cc1. The summed E-state index contributed by atoms with van der Waals surface area (Å²) in [6, 6.07) is 12.2. The van der Waals surface area contributed by atoms with Gasteiger partial charge in [-0.1, -0.05) is 18.2 Å². The number of likely N-dealkylation sites (N-methyl/N-ethyl adjacent to an activating group) is 1. The van der Waals surface area contributed by atoms with E-state index in [-0.39, 0.29) is 24.9 Å². The lowest BCUT2D eigenvalue weighted by Crippen LogP contribution is -2.36. The number of aryl methyl sites for hydroxylation is 2. The Labute approximate surface area is 164 Å². The molecule has 28 heavy (non-hydrogen) atoms. The molecular weight excluding hydrogens is 358 g/mol. The minimum Gasteiger partial charge on any atom is -0.465 e. The van der Waals surface area contributed by atoms with Crippen LogP contribution in [0.3, 0.4) is 0 Å². The van der Waals surface area contributed by atoms with E-state index in [2.05, 4.69) is 15.4 Å². The predicted octanol–water partition coefficient (Wildman–Crippen LogP) is 2.60. The molecule has 0 aliphatic carbocycles. The summed E-state index contributed by atoms with van der Waals surface area (Å²) in [6.45, 7) is 4.01. The summed E-state index contributed by atoms with van der Waals surface area (Å²) in [5.41, 5.74) is 3.75. The van der Waals surface area contributed by atoms with Gasteiger partial charge in [-0.3, -0.25) is 14.5 Å². The molecule has 2 aromatic rings. The molecule has 2 amide bonds. The number of nitrogens with zero attached hydrogens (tertiary/aromatic N) is 1. The van der Waals surface area contributed by atoms with Crippen molar-refractivity contribution in [3.05, 3.63) is 59.2 Å². The van der Waals surface area contributed by atoms with Gasteiger partial charge in [0.25, 0.3) is 0 Å². The monoisotopic (exact) mass is 383 g/mol. The normalized spacial score (nSPS) is 10.5. The summed E-state index contributed by atoms with van der Waals surface area (Å²) in [7, 11) is 3.01. The molecule has 148 valence electrons. The highest BCUT2D eigenvalue weighted by Crippen LogP contribution is 2.19. The van der Waals surface area contributed by atoms with Gasteiger partial charge >= 0.3 is 5.97 Å². The van der Waals surface area contributed by atoms with E-state index in [0.29, 0.717) is 11.3 Å². The molecule has 0 spiro atoms. The van der Waals surface area contributed by atoms with Gasteiger partial charge in [-0.15, -0.1) is 0 Å². The molecule has 2 aromatic carbocycles. The van der Waals surface area contributed by atoms with E-state index < -0.39 is 5.97 Å². The smallest absolute Gasteiger partial charge is 0.337 e. The van der Waals surface area contributed by atoms with E-state index in [1.807, 2.05) is 32.0 Å². The van der Waals surface area contributed by atoms with E-state index in [9.17, 15) is 14.4 Å². The Bertz CT molecular complexity index is 842. The largest absolute Gasteiger partial charge is 0.465 e. The van der Waals surface area contributed by atoms with Crippen LogP contribution < -0.4 is 10.6 Å². The van der Waals surface area contributed by atoms with Crippen molar-refractivity contribution in [3.8, 4) is 0 Å². The first-order valence-electron chi connectivity index (χ1n) is 8.83. The van der Waals surface area contributed by atoms with Gasteiger partial charge in [-0.25, -0.2) is 4.79 Å². The number of esters is 1. The molecule has 0 radical (unpaired) electrons. The van der Waals surface area contributed by atoms with Crippen LogP contribution in [0.25, 0.3) is 0 Å². The minimum atomic E-state index is -0.437. The molecule has 0 saturated carbocycles. The van der Waals surface area contributed by atoms with E-state index in [1.165, 1.54) is 7.11 Å². The Morgan fingerprint density at radius 3 is 1.96 bits per heavy atom. The molecule has 0 heterocycles. The Hall–Kier alpha value is -3.19. The first-order valence-corrected chi connectivity index (χ1v) is 8.83. The molecule has 0 aliphatic heterocycles. The Kier molecular flexibility index (Phi) is 7.28. The molecule has 0 fully saturated rings. The van der Waals surface area contributed by atoms with Crippen LogP contribution in [-0.2, 0) is 14.3 Å². The van der Waals surface area contributed by atoms with E-state index in [1.54, 1.807) is 36.2 Å². The van der Waals surface area contributed by atoms with Crippen LogP contribution in [0.1, 0.15) is 21.5 Å². The molecule has 0 atom stereocenters. The number of hydrogen-bond donors (Lipinski definition) is 2.